The van der Waals surface area contributed by atoms with E-state index in [-0.39, 0.29) is 65.2 Å². The third-order valence-corrected chi connectivity index (χ3v) is 21.8. The zero-order valence-corrected chi connectivity index (χ0v) is 68.3. The van der Waals surface area contributed by atoms with Crippen molar-refractivity contribution in [2.24, 2.45) is 5.73 Å². The van der Waals surface area contributed by atoms with Gasteiger partial charge in [-0.05, 0) is 299 Å². The predicted octanol–water partition coefficient (Wildman–Crippen LogP) is 16.4. The van der Waals surface area contributed by atoms with Gasteiger partial charge in [0.2, 0.25) is 0 Å². The highest BCUT2D eigenvalue weighted by Gasteiger charge is 2.52. The van der Waals surface area contributed by atoms with E-state index in [1.807, 2.05) is 140 Å². The van der Waals surface area contributed by atoms with Crippen LogP contribution in [-0.4, -0.2) is 123 Å². The number of benzene rings is 6. The van der Waals surface area contributed by atoms with Crippen molar-refractivity contribution in [3.8, 4) is 56.0 Å². The second kappa shape index (κ2) is 35.5. The van der Waals surface area contributed by atoms with Crippen molar-refractivity contribution in [3.05, 3.63) is 315 Å². The van der Waals surface area contributed by atoms with Crippen molar-refractivity contribution in [1.29, 1.82) is 0 Å². The Morgan fingerprint density at radius 2 is 0.817 bits per heavy atom. The Labute approximate surface area is 699 Å². The molecular weight excluding hydrogens is 1590 g/mol. The fourth-order valence-electron chi connectivity index (χ4n) is 13.6. The van der Waals surface area contributed by atoms with Crippen molar-refractivity contribution in [1.82, 2.24) is 59.4 Å². The highest BCUT2D eigenvalue weighted by molar-refractivity contribution is 9.10. The molecule has 0 atom stereocenters. The van der Waals surface area contributed by atoms with Crippen molar-refractivity contribution < 1.29 is 61.5 Å². The number of aryl methyl sites for hydroxylation is 3. The minimum atomic E-state index is -1.01. The quantitative estimate of drug-likeness (QED) is 0.0469. The topological polar surface area (TPSA) is 313 Å². The Kier molecular flexibility index (Phi) is 25.5. The molecule has 0 radical (unpaired) electrons. The molecule has 2 aliphatic carbocycles. The summed E-state index contributed by atoms with van der Waals surface area (Å²) < 4.78 is 57.8. The van der Waals surface area contributed by atoms with Crippen LogP contribution in [0.4, 0.5) is 13.2 Å². The third-order valence-electron chi connectivity index (χ3n) is 21.4. The fraction of sp³-hybridized carbons (Fsp3) is 0.207. The van der Waals surface area contributed by atoms with Gasteiger partial charge < -0.3 is 46.5 Å². The maximum atomic E-state index is 13.5. The number of nitrogens with zero attached hydrogens (tertiary/aromatic N) is 8. The van der Waals surface area contributed by atoms with Crippen LogP contribution in [0.2, 0.25) is 0 Å². The summed E-state index contributed by atoms with van der Waals surface area (Å²) in [5, 5.41) is 29.5. The van der Waals surface area contributed by atoms with Gasteiger partial charge in [0.1, 0.15) is 68.6 Å². The molecule has 3 fully saturated rings. The standard InChI is InChI=1S/C31H26FN5O2.C23H18FN3O3.C15H11BrFN3O.C14H19BO4.C8H10N2.CH4/c1-19-6-7-21(29(38)36-31(14-15-31)25-5-3-4-16-34-25)17-24(19)22-10-13-26-35-27(20-8-11-23(32)12-9-20)28(30(39)33-2)37(26)18-22;1-13-3-4-15(23(29)30)11-18(13)16-7-10-19-26-20(14-5-8-17(24)9-6-14)21(22(28)25-2)27(19)12-16;1-18-15(21)14-13(9-2-5-11(17)6-3-9)19-12-7-4-10(16)8-20(12)14;1-9-6-7-10(12(16)17)8-11(9)15-18-13(2,3)14(4,5)19-15;9-8(4-5-8)7-3-1-2-6-10-7;/h3-13,16-18H,14-15H2,1-2H3,(H,33,39)(H,36,38);3-12H,1-2H3,(H,25,28)(H,29,30);2-8H,1H3,(H,18,21);6-8H,1-5H3,(H,16,17);1-3,6H,4-5,9H2;1H4. The number of hydrogen-bond acceptors (Lipinski definition) is 14. The lowest BCUT2D eigenvalue weighted by Crippen LogP contribution is -2.41. The summed E-state index contributed by atoms with van der Waals surface area (Å²) in [5.41, 5.74) is 20.5. The molecule has 17 rings (SSSR count). The maximum Gasteiger partial charge on any atom is 0.495 e. The van der Waals surface area contributed by atoms with Crippen LogP contribution in [0, 0.1) is 38.2 Å². The largest absolute Gasteiger partial charge is 0.495 e. The number of carboxylic acid groups (broad SMARTS) is 2. The smallest absolute Gasteiger partial charge is 0.478 e. The number of nitrogens with one attached hydrogen (secondary N) is 4. The minimum Gasteiger partial charge on any atom is -0.478 e. The molecule has 612 valence electrons. The SMILES string of the molecule is C.CNC(=O)c1c(-c2ccc(F)cc2)nc2ccc(-c3cc(C(=O)NC4(c5ccccn5)CC4)ccc3C)cn12.CNC(=O)c1c(-c2ccc(F)cc2)nc2ccc(-c3cc(C(=O)O)ccc3C)cn12.CNC(=O)c1c(-c2ccc(F)cc2)nc2ccc(Br)cn12.Cc1ccc(C(=O)O)cc1B1OC(C)(C)C(C)(C)O1.NC1(c2ccccn2)CC1. The molecule has 2 saturated carbocycles. The van der Waals surface area contributed by atoms with Crippen LogP contribution < -0.4 is 32.5 Å². The number of aromatic nitrogens is 8. The van der Waals surface area contributed by atoms with Crippen molar-refractivity contribution >= 4 is 81.0 Å². The van der Waals surface area contributed by atoms with Crippen molar-refractivity contribution in [3.63, 3.8) is 0 Å². The highest BCUT2D eigenvalue weighted by atomic mass is 79.9. The lowest BCUT2D eigenvalue weighted by molar-refractivity contribution is 0.00578. The maximum absolute atomic E-state index is 13.5. The number of halogens is 4. The molecule has 23 nitrogen and oxygen atoms in total. The summed E-state index contributed by atoms with van der Waals surface area (Å²) >= 11 is 3.38. The zero-order valence-electron chi connectivity index (χ0n) is 66.7. The molecule has 3 aliphatic rings. The van der Waals surface area contributed by atoms with Crippen LogP contribution in [0.1, 0.15) is 151 Å². The third kappa shape index (κ3) is 18.5. The normalized spacial score (nSPS) is 14.0. The van der Waals surface area contributed by atoms with E-state index in [1.165, 1.54) is 43.4 Å². The predicted molar refractivity (Wildman–Crippen MR) is 459 cm³/mol. The molecule has 4 amide bonds. The number of carboxylic acids is 2. The number of carbonyl (C=O) groups excluding carboxylic acids is 4. The Balaban J connectivity index is 0.000000145. The second-order valence-corrected chi connectivity index (χ2v) is 30.9. The molecule has 120 heavy (non-hydrogen) atoms. The molecule has 14 aromatic rings. The highest BCUT2D eigenvalue weighted by Crippen LogP contribution is 2.45. The Bertz CT molecular complexity index is 6200. The average Bonchev–Trinajstić information content (AvgIpc) is 1.61. The van der Waals surface area contributed by atoms with Gasteiger partial charge in [0.15, 0.2) is 0 Å². The Morgan fingerprint density at radius 3 is 1.20 bits per heavy atom. The van der Waals surface area contributed by atoms with Gasteiger partial charge in [-0.3, -0.25) is 42.3 Å². The summed E-state index contributed by atoms with van der Waals surface area (Å²) in [6.07, 6.45) is 12.8. The minimum absolute atomic E-state index is 0. The Morgan fingerprint density at radius 1 is 0.450 bits per heavy atom. The number of carbonyl (C=O) groups is 6. The number of fused-ring (bicyclic) bond motifs is 3. The zero-order chi connectivity index (χ0) is 85.0. The van der Waals surface area contributed by atoms with Crippen LogP contribution in [0.3, 0.4) is 0 Å². The molecular formula is C92H88BBrF3N13O10. The van der Waals surface area contributed by atoms with Crippen molar-refractivity contribution in [2.75, 3.05) is 21.1 Å². The first-order chi connectivity index (χ1) is 56.8. The lowest BCUT2D eigenvalue weighted by Gasteiger charge is -2.32. The molecule has 0 unspecified atom stereocenters. The van der Waals surface area contributed by atoms with E-state index in [2.05, 4.69) is 62.1 Å². The lowest BCUT2D eigenvalue weighted by atomic mass is 9.75. The number of imidazole rings is 3. The van der Waals surface area contributed by atoms with Crippen LogP contribution in [0.15, 0.2) is 236 Å². The van der Waals surface area contributed by atoms with E-state index in [4.69, 9.17) is 20.1 Å². The monoisotopic (exact) mass is 1680 g/mol. The molecule has 1 aliphatic heterocycles. The van der Waals surface area contributed by atoms with Gasteiger partial charge in [-0.1, -0.05) is 43.3 Å². The van der Waals surface area contributed by atoms with Gasteiger partial charge in [-0.15, -0.1) is 0 Å². The molecule has 28 heteroatoms. The van der Waals surface area contributed by atoms with Crippen LogP contribution in [-0.2, 0) is 20.4 Å². The van der Waals surface area contributed by atoms with Gasteiger partial charge >= 0.3 is 19.1 Å². The molecule has 8 N–H and O–H groups in total. The first kappa shape index (κ1) is 86.1. The van der Waals surface area contributed by atoms with Gasteiger partial charge in [-0.2, -0.15) is 0 Å². The van der Waals surface area contributed by atoms with Crippen LogP contribution >= 0.6 is 15.9 Å². The van der Waals surface area contributed by atoms with E-state index in [0.717, 1.165) is 86.0 Å². The number of nitrogens with two attached hydrogens (primary N) is 1. The van der Waals surface area contributed by atoms with Crippen LogP contribution in [0.5, 0.6) is 0 Å². The average molecular weight is 1680 g/mol. The molecule has 0 spiro atoms. The summed E-state index contributed by atoms with van der Waals surface area (Å²) in [7, 11) is 4.13. The van der Waals surface area contributed by atoms with Crippen molar-refractivity contribution in [2.45, 2.75) is 104 Å². The van der Waals surface area contributed by atoms with Gasteiger partial charge in [-0.25, -0.2) is 37.7 Å². The fourth-order valence-corrected chi connectivity index (χ4v) is 13.9. The number of aromatic carboxylic acids is 2. The van der Waals surface area contributed by atoms with E-state index in [1.54, 1.807) is 131 Å². The first-order valence-corrected chi connectivity index (χ1v) is 38.9. The Hall–Kier alpha value is -13.3. The molecule has 0 bridgehead atoms. The second-order valence-electron chi connectivity index (χ2n) is 30.0. The molecule has 6 aromatic carbocycles. The molecule has 8 aromatic heterocycles. The van der Waals surface area contributed by atoms with E-state index < -0.39 is 35.8 Å². The number of amides is 4. The molecule has 1 saturated heterocycles. The van der Waals surface area contributed by atoms with E-state index in [9.17, 15) is 47.0 Å². The molecule has 9 heterocycles. The summed E-state index contributed by atoms with van der Waals surface area (Å²) in [6, 6.07) is 55.8. The number of rotatable bonds is 15. The van der Waals surface area contributed by atoms with Gasteiger partial charge in [0.05, 0.1) is 44.8 Å². The van der Waals surface area contributed by atoms with Gasteiger partial charge in [0, 0.05) is 78.9 Å². The number of pyridine rings is 5. The van der Waals surface area contributed by atoms with E-state index >= 15 is 0 Å². The first-order valence-electron chi connectivity index (χ1n) is 38.1. The van der Waals surface area contributed by atoms with Crippen LogP contribution in [0.25, 0.3) is 73.0 Å². The van der Waals surface area contributed by atoms with E-state index in [0.29, 0.717) is 73.4 Å². The summed E-state index contributed by atoms with van der Waals surface area (Å²) in [4.78, 5) is 95.9. The summed E-state index contributed by atoms with van der Waals surface area (Å²) in [5.74, 6) is -4.08. The summed E-state index contributed by atoms with van der Waals surface area (Å²) in [6.45, 7) is 13.7. The number of hydrogen-bond donors (Lipinski definition) is 7. The van der Waals surface area contributed by atoms with Gasteiger partial charge in [0.25, 0.3) is 23.6 Å².